The molecule has 12 heteroatoms. The molecule has 0 aromatic heterocycles. The first-order valence-corrected chi connectivity index (χ1v) is 8.64. The van der Waals surface area contributed by atoms with Crippen LogP contribution in [0.4, 0.5) is 36.8 Å². The molecule has 0 bridgehead atoms. The maximum absolute atomic E-state index is 13.1. The number of anilines is 1. The number of halogens is 6. The quantitative estimate of drug-likeness (QED) is 0.465. The molecule has 0 saturated carbocycles. The molecule has 3 N–H and O–H groups in total. The van der Waals surface area contributed by atoms with Gasteiger partial charge in [-0.05, 0) is 48.4 Å². The highest BCUT2D eigenvalue weighted by molar-refractivity contribution is 7.82. The summed E-state index contributed by atoms with van der Waals surface area (Å²) >= 11 is 3.97. The van der Waals surface area contributed by atoms with Crippen molar-refractivity contribution in [1.82, 2.24) is 5.32 Å². The van der Waals surface area contributed by atoms with Crippen LogP contribution in [0.2, 0.25) is 0 Å². The topological polar surface area (TPSA) is 75.4 Å². The number of primary amides is 1. The fourth-order valence-electron chi connectivity index (χ4n) is 2.50. The summed E-state index contributed by atoms with van der Waals surface area (Å²) in [5.74, 6) is -0.672. The van der Waals surface area contributed by atoms with Gasteiger partial charge in [-0.25, -0.2) is 9.10 Å². The Morgan fingerprint density at radius 1 is 0.967 bits per heavy atom. The lowest BCUT2D eigenvalue weighted by Crippen LogP contribution is -2.35. The molecule has 0 aliphatic rings. The van der Waals surface area contributed by atoms with Gasteiger partial charge in [-0.3, -0.25) is 4.79 Å². The average Bonchev–Trinajstić information content (AvgIpc) is 2.65. The number of urea groups is 1. The summed E-state index contributed by atoms with van der Waals surface area (Å²) in [6.07, 6.45) is -10.3. The van der Waals surface area contributed by atoms with Crippen LogP contribution in [0.1, 0.15) is 27.0 Å². The summed E-state index contributed by atoms with van der Waals surface area (Å²) in [5, 5.41) is 2.32. The van der Waals surface area contributed by atoms with Crippen molar-refractivity contribution >= 4 is 30.4 Å². The Morgan fingerprint density at radius 2 is 1.57 bits per heavy atom. The number of amides is 3. The van der Waals surface area contributed by atoms with Gasteiger partial charge in [0.15, 0.2) is 0 Å². The Labute approximate surface area is 172 Å². The van der Waals surface area contributed by atoms with E-state index in [-0.39, 0.29) is 30.3 Å². The largest absolute Gasteiger partial charge is 0.416 e. The number of carbonyl (C=O) groups excluding carboxylic acids is 2. The van der Waals surface area contributed by atoms with Crippen LogP contribution < -0.4 is 15.4 Å². The molecule has 2 rings (SSSR count). The van der Waals surface area contributed by atoms with Gasteiger partial charge < -0.3 is 11.1 Å². The van der Waals surface area contributed by atoms with Gasteiger partial charge in [-0.15, -0.1) is 0 Å². The highest BCUT2D eigenvalue weighted by atomic mass is 32.1. The van der Waals surface area contributed by atoms with Crippen molar-refractivity contribution in [3.05, 3.63) is 64.7 Å². The fraction of sp³-hybridized carbons (Fsp3) is 0.222. The molecule has 0 radical (unpaired) electrons. The van der Waals surface area contributed by atoms with Gasteiger partial charge >= 0.3 is 18.4 Å². The number of nitrogens with zero attached hydrogens (tertiary/aromatic N) is 1. The maximum atomic E-state index is 13.1. The van der Waals surface area contributed by atoms with Crippen LogP contribution in [0.3, 0.4) is 0 Å². The first kappa shape index (κ1) is 23.4. The number of rotatable bonds is 5. The summed E-state index contributed by atoms with van der Waals surface area (Å²) < 4.78 is 78.4. The predicted molar refractivity (Wildman–Crippen MR) is 100.0 cm³/mol. The number of carbonyl (C=O) groups is 2. The van der Waals surface area contributed by atoms with Gasteiger partial charge in [0.05, 0.1) is 16.8 Å². The van der Waals surface area contributed by atoms with Crippen LogP contribution in [0.15, 0.2) is 42.5 Å². The van der Waals surface area contributed by atoms with Crippen molar-refractivity contribution in [3.8, 4) is 0 Å². The van der Waals surface area contributed by atoms with Crippen molar-refractivity contribution in [2.24, 2.45) is 5.73 Å². The molecule has 3 amide bonds. The molecule has 2 aromatic carbocycles. The van der Waals surface area contributed by atoms with Crippen LogP contribution in [0, 0.1) is 0 Å². The van der Waals surface area contributed by atoms with Crippen molar-refractivity contribution in [1.29, 1.82) is 0 Å². The monoisotopic (exact) mass is 451 g/mol. The van der Waals surface area contributed by atoms with Crippen LogP contribution in [0.25, 0.3) is 0 Å². The first-order chi connectivity index (χ1) is 13.8. The minimum Gasteiger partial charge on any atom is -0.366 e. The third-order valence-electron chi connectivity index (χ3n) is 4.00. The minimum absolute atomic E-state index is 0.0440. The Bertz CT molecular complexity index is 929. The van der Waals surface area contributed by atoms with Crippen LogP contribution in [-0.2, 0) is 18.8 Å². The smallest absolute Gasteiger partial charge is 0.366 e. The van der Waals surface area contributed by atoms with E-state index < -0.39 is 41.0 Å². The number of hydrogen-bond acceptors (Lipinski definition) is 3. The molecule has 162 valence electrons. The molecule has 0 aliphatic carbocycles. The standard InChI is InChI=1S/C18H15F6N3O2S/c19-17(20,21)12-4-1-10(14(9-12)18(22,23)24)7-8-26-16(29)27(30)13-5-2-11(3-6-13)15(25)28/h1-6,9,30H,7-8H2,(H2,25,28)(H,26,29). The van der Waals surface area contributed by atoms with E-state index >= 15 is 0 Å². The lowest BCUT2D eigenvalue weighted by molar-refractivity contribution is -0.143. The Balaban J connectivity index is 2.06. The molecule has 0 unspecified atom stereocenters. The van der Waals surface area contributed by atoms with Crippen molar-refractivity contribution in [2.45, 2.75) is 18.8 Å². The molecular formula is C18H15F6N3O2S. The van der Waals surface area contributed by atoms with E-state index in [1.165, 1.54) is 24.3 Å². The number of nitrogens with two attached hydrogens (primary N) is 1. The number of thiol groups is 1. The van der Waals surface area contributed by atoms with E-state index in [4.69, 9.17) is 5.73 Å². The zero-order valence-electron chi connectivity index (χ0n) is 15.0. The van der Waals surface area contributed by atoms with Gasteiger partial charge in [-0.1, -0.05) is 18.9 Å². The highest BCUT2D eigenvalue weighted by Gasteiger charge is 2.37. The van der Waals surface area contributed by atoms with Crippen molar-refractivity contribution in [3.63, 3.8) is 0 Å². The minimum atomic E-state index is -4.99. The van der Waals surface area contributed by atoms with Gasteiger partial charge in [0.25, 0.3) is 0 Å². The van der Waals surface area contributed by atoms with Gasteiger partial charge in [0, 0.05) is 12.1 Å². The van der Waals surface area contributed by atoms with E-state index in [1.54, 1.807) is 0 Å². The molecule has 0 atom stereocenters. The third-order valence-corrected chi connectivity index (χ3v) is 4.41. The lowest BCUT2D eigenvalue weighted by Gasteiger charge is -2.18. The summed E-state index contributed by atoms with van der Waals surface area (Å²) in [7, 11) is 0. The molecular weight excluding hydrogens is 436 g/mol. The zero-order valence-corrected chi connectivity index (χ0v) is 15.9. The van der Waals surface area contributed by atoms with Gasteiger partial charge in [0.1, 0.15) is 0 Å². The number of alkyl halides is 6. The van der Waals surface area contributed by atoms with Crippen LogP contribution in [-0.4, -0.2) is 18.5 Å². The van der Waals surface area contributed by atoms with Crippen LogP contribution in [0.5, 0.6) is 0 Å². The maximum Gasteiger partial charge on any atom is 0.416 e. The summed E-state index contributed by atoms with van der Waals surface area (Å²) in [6.45, 7) is -0.288. The van der Waals surface area contributed by atoms with E-state index in [0.29, 0.717) is 6.07 Å². The second kappa shape index (κ2) is 8.86. The second-order valence-corrected chi connectivity index (χ2v) is 6.47. The number of nitrogens with one attached hydrogen (secondary N) is 1. The predicted octanol–water partition coefficient (Wildman–Crippen LogP) is 4.43. The number of benzene rings is 2. The van der Waals surface area contributed by atoms with E-state index in [1.807, 2.05) is 0 Å². The molecule has 5 nitrogen and oxygen atoms in total. The summed E-state index contributed by atoms with van der Waals surface area (Å²) in [5.41, 5.74) is 2.33. The summed E-state index contributed by atoms with van der Waals surface area (Å²) in [6, 6.07) is 6.01. The van der Waals surface area contributed by atoms with E-state index in [2.05, 4.69) is 18.1 Å². The number of hydrogen-bond donors (Lipinski definition) is 3. The fourth-order valence-corrected chi connectivity index (χ4v) is 2.70. The zero-order chi connectivity index (χ0) is 22.7. The van der Waals surface area contributed by atoms with Crippen molar-refractivity contribution in [2.75, 3.05) is 10.8 Å². The normalized spacial score (nSPS) is 11.8. The molecule has 0 heterocycles. The lowest BCUT2D eigenvalue weighted by atomic mass is 10.0. The second-order valence-electron chi connectivity index (χ2n) is 6.07. The van der Waals surface area contributed by atoms with Crippen molar-refractivity contribution < 1.29 is 35.9 Å². The summed E-state index contributed by atoms with van der Waals surface area (Å²) in [4.78, 5) is 23.1. The Morgan fingerprint density at radius 3 is 2.07 bits per heavy atom. The van der Waals surface area contributed by atoms with E-state index in [0.717, 1.165) is 10.4 Å². The van der Waals surface area contributed by atoms with Gasteiger partial charge in [0.2, 0.25) is 5.91 Å². The van der Waals surface area contributed by atoms with E-state index in [9.17, 15) is 35.9 Å². The molecule has 0 spiro atoms. The molecule has 0 aliphatic heterocycles. The van der Waals surface area contributed by atoms with Gasteiger partial charge in [-0.2, -0.15) is 26.3 Å². The highest BCUT2D eigenvalue weighted by Crippen LogP contribution is 2.37. The molecule has 0 fully saturated rings. The SMILES string of the molecule is NC(=O)c1ccc(N(S)C(=O)NCCc2ccc(C(F)(F)F)cc2C(F)(F)F)cc1. The molecule has 30 heavy (non-hydrogen) atoms. The van der Waals surface area contributed by atoms with Crippen LogP contribution >= 0.6 is 12.8 Å². The molecule has 2 aromatic rings. The Hall–Kier alpha value is -2.89. The first-order valence-electron chi connectivity index (χ1n) is 8.24. The third kappa shape index (κ3) is 5.81. The molecule has 0 saturated heterocycles. The Kier molecular flexibility index (Phi) is 6.91. The average molecular weight is 451 g/mol.